The molecule has 1 aliphatic heterocycles. The van der Waals surface area contributed by atoms with Crippen molar-refractivity contribution in [3.8, 4) is 5.75 Å². The van der Waals surface area contributed by atoms with Crippen LogP contribution in [0.1, 0.15) is 5.56 Å². The molecule has 0 saturated carbocycles. The lowest BCUT2D eigenvalue weighted by molar-refractivity contribution is 0.0446. The van der Waals surface area contributed by atoms with E-state index in [1.54, 1.807) is 0 Å². The van der Waals surface area contributed by atoms with E-state index in [0.717, 1.165) is 44.0 Å². The number of para-hydroxylation sites is 1. The number of piperazine rings is 1. The Morgan fingerprint density at radius 1 is 0.920 bits per heavy atom. The van der Waals surface area contributed by atoms with Crippen molar-refractivity contribution in [3.63, 3.8) is 0 Å². The quantitative estimate of drug-likeness (QED) is 0.837. The predicted octanol–water partition coefficient (Wildman–Crippen LogP) is 2.38. The van der Waals surface area contributed by atoms with E-state index in [-0.39, 0.29) is 5.82 Å². The van der Waals surface area contributed by atoms with E-state index in [1.165, 1.54) is 12.1 Å². The van der Waals surface area contributed by atoms with Gasteiger partial charge in [-0.1, -0.05) is 30.3 Å². The fourth-order valence-electron chi connectivity index (χ4n) is 3.04. The molecule has 1 atom stereocenters. The van der Waals surface area contributed by atoms with Crippen LogP contribution >= 0.6 is 0 Å². The molecule has 0 spiro atoms. The Balaban J connectivity index is 1.36. The molecule has 1 heterocycles. The van der Waals surface area contributed by atoms with E-state index >= 15 is 0 Å². The summed E-state index contributed by atoms with van der Waals surface area (Å²) in [6, 6.07) is 16.3. The van der Waals surface area contributed by atoms with Gasteiger partial charge >= 0.3 is 0 Å². The summed E-state index contributed by atoms with van der Waals surface area (Å²) in [5, 5.41) is 10.2. The van der Waals surface area contributed by atoms with E-state index in [9.17, 15) is 9.50 Å². The minimum absolute atomic E-state index is 0.194. The number of aliphatic hydroxyl groups is 1. The molecule has 2 aromatic carbocycles. The maximum Gasteiger partial charge on any atom is 0.123 e. The van der Waals surface area contributed by atoms with Crippen molar-refractivity contribution in [2.45, 2.75) is 12.6 Å². The molecule has 4 nitrogen and oxygen atoms in total. The van der Waals surface area contributed by atoms with Crippen molar-refractivity contribution >= 4 is 0 Å². The zero-order valence-corrected chi connectivity index (χ0v) is 14.4. The molecular weight excluding hydrogens is 319 g/mol. The predicted molar refractivity (Wildman–Crippen MR) is 96.1 cm³/mol. The van der Waals surface area contributed by atoms with Crippen molar-refractivity contribution in [1.29, 1.82) is 0 Å². The van der Waals surface area contributed by atoms with Gasteiger partial charge in [0.05, 0.1) is 0 Å². The van der Waals surface area contributed by atoms with Gasteiger partial charge in [0.1, 0.15) is 24.3 Å². The third-order valence-corrected chi connectivity index (χ3v) is 4.44. The monoisotopic (exact) mass is 344 g/mol. The number of aliphatic hydroxyl groups excluding tert-OH is 1. The molecule has 0 radical (unpaired) electrons. The Bertz CT molecular complexity index is 628. The molecule has 0 aromatic heterocycles. The molecule has 0 aliphatic carbocycles. The standard InChI is InChI=1S/C20H25FN2O2/c21-18-8-6-17(7-9-18)14-22-10-12-23(13-11-22)15-19(24)16-25-20-4-2-1-3-5-20/h1-9,19,24H,10-16H2. The van der Waals surface area contributed by atoms with Crippen molar-refractivity contribution in [1.82, 2.24) is 9.80 Å². The zero-order chi connectivity index (χ0) is 17.5. The summed E-state index contributed by atoms with van der Waals surface area (Å²) in [6.07, 6.45) is -0.496. The molecule has 25 heavy (non-hydrogen) atoms. The molecule has 1 aliphatic rings. The van der Waals surface area contributed by atoms with E-state index in [0.29, 0.717) is 13.2 Å². The van der Waals surface area contributed by atoms with Crippen LogP contribution in [0.5, 0.6) is 5.75 Å². The minimum Gasteiger partial charge on any atom is -0.491 e. The Kier molecular flexibility index (Phi) is 6.39. The first-order valence-corrected chi connectivity index (χ1v) is 8.74. The molecule has 0 amide bonds. The second-order valence-corrected chi connectivity index (χ2v) is 6.48. The van der Waals surface area contributed by atoms with Gasteiger partial charge in [0.25, 0.3) is 0 Å². The third kappa shape index (κ3) is 5.81. The summed E-state index contributed by atoms with van der Waals surface area (Å²) >= 11 is 0. The maximum atomic E-state index is 13.0. The number of hydrogen-bond acceptors (Lipinski definition) is 4. The summed E-state index contributed by atoms with van der Waals surface area (Å²) in [6.45, 7) is 5.51. The third-order valence-electron chi connectivity index (χ3n) is 4.44. The van der Waals surface area contributed by atoms with Crippen LogP contribution in [0.2, 0.25) is 0 Å². The highest BCUT2D eigenvalue weighted by Gasteiger charge is 2.19. The van der Waals surface area contributed by atoms with Crippen LogP contribution in [0.15, 0.2) is 54.6 Å². The molecule has 1 saturated heterocycles. The van der Waals surface area contributed by atoms with E-state index in [4.69, 9.17) is 4.74 Å². The topological polar surface area (TPSA) is 35.9 Å². The lowest BCUT2D eigenvalue weighted by atomic mass is 10.2. The van der Waals surface area contributed by atoms with Gasteiger partial charge in [-0.2, -0.15) is 0 Å². The van der Waals surface area contributed by atoms with Crippen LogP contribution in [0.3, 0.4) is 0 Å². The first-order chi connectivity index (χ1) is 12.2. The molecule has 1 unspecified atom stereocenters. The van der Waals surface area contributed by atoms with Crippen molar-refractivity contribution in [2.75, 3.05) is 39.3 Å². The molecule has 134 valence electrons. The van der Waals surface area contributed by atoms with Gasteiger partial charge in [0.2, 0.25) is 0 Å². The summed E-state index contributed by atoms with van der Waals surface area (Å²) < 4.78 is 18.6. The highest BCUT2D eigenvalue weighted by molar-refractivity contribution is 5.21. The number of benzene rings is 2. The van der Waals surface area contributed by atoms with Crippen LogP contribution in [0.25, 0.3) is 0 Å². The molecule has 0 bridgehead atoms. The second kappa shape index (κ2) is 8.94. The van der Waals surface area contributed by atoms with Gasteiger partial charge < -0.3 is 9.84 Å². The van der Waals surface area contributed by atoms with Crippen LogP contribution in [-0.2, 0) is 6.54 Å². The summed E-state index contributed by atoms with van der Waals surface area (Å²) in [5.41, 5.74) is 1.13. The summed E-state index contributed by atoms with van der Waals surface area (Å²) in [4.78, 5) is 4.62. The molecular formula is C20H25FN2O2. The molecule has 2 aromatic rings. The van der Waals surface area contributed by atoms with Crippen molar-refractivity contribution < 1.29 is 14.2 Å². The fraction of sp³-hybridized carbons (Fsp3) is 0.400. The fourth-order valence-corrected chi connectivity index (χ4v) is 3.04. The first kappa shape index (κ1) is 17.9. The van der Waals surface area contributed by atoms with Crippen LogP contribution < -0.4 is 4.74 Å². The van der Waals surface area contributed by atoms with Gasteiger partial charge in [-0.05, 0) is 29.8 Å². The Morgan fingerprint density at radius 2 is 1.56 bits per heavy atom. The maximum absolute atomic E-state index is 13.0. The Morgan fingerprint density at radius 3 is 2.24 bits per heavy atom. The average molecular weight is 344 g/mol. The van der Waals surface area contributed by atoms with Gasteiger partial charge in [-0.15, -0.1) is 0 Å². The van der Waals surface area contributed by atoms with E-state index in [1.807, 2.05) is 42.5 Å². The number of rotatable bonds is 7. The Hall–Kier alpha value is -1.95. The number of halogens is 1. The SMILES string of the molecule is OC(COc1ccccc1)CN1CCN(Cc2ccc(F)cc2)CC1. The minimum atomic E-state index is -0.496. The van der Waals surface area contributed by atoms with Crippen LogP contribution in [0.4, 0.5) is 4.39 Å². The van der Waals surface area contributed by atoms with Gasteiger partial charge in [0, 0.05) is 39.3 Å². The summed E-state index contributed by atoms with van der Waals surface area (Å²) in [5.74, 6) is 0.589. The zero-order valence-electron chi connectivity index (χ0n) is 14.4. The number of nitrogens with zero attached hydrogens (tertiary/aromatic N) is 2. The van der Waals surface area contributed by atoms with Crippen molar-refractivity contribution in [2.24, 2.45) is 0 Å². The lowest BCUT2D eigenvalue weighted by Crippen LogP contribution is -2.48. The molecule has 1 N–H and O–H groups in total. The number of ether oxygens (including phenoxy) is 1. The van der Waals surface area contributed by atoms with E-state index < -0.39 is 6.10 Å². The number of β-amino-alcohol motifs (C(OH)–C–C–N with tert-alkyl or cyclic N) is 1. The first-order valence-electron chi connectivity index (χ1n) is 8.74. The highest BCUT2D eigenvalue weighted by Crippen LogP contribution is 2.11. The Labute approximate surface area is 148 Å². The van der Waals surface area contributed by atoms with Gasteiger partial charge in [0.15, 0.2) is 0 Å². The van der Waals surface area contributed by atoms with E-state index in [2.05, 4.69) is 9.80 Å². The van der Waals surface area contributed by atoms with Crippen molar-refractivity contribution in [3.05, 3.63) is 66.0 Å². The average Bonchev–Trinajstić information content (AvgIpc) is 2.64. The smallest absolute Gasteiger partial charge is 0.123 e. The molecule has 3 rings (SSSR count). The van der Waals surface area contributed by atoms with Crippen LogP contribution in [-0.4, -0.2) is 60.3 Å². The lowest BCUT2D eigenvalue weighted by Gasteiger charge is -2.35. The largest absolute Gasteiger partial charge is 0.491 e. The molecule has 1 fully saturated rings. The highest BCUT2D eigenvalue weighted by atomic mass is 19.1. The second-order valence-electron chi connectivity index (χ2n) is 6.48. The molecule has 5 heteroatoms. The normalized spacial score (nSPS) is 17.4. The van der Waals surface area contributed by atoms with Crippen LogP contribution in [0, 0.1) is 5.82 Å². The number of hydrogen-bond donors (Lipinski definition) is 1. The van der Waals surface area contributed by atoms with Gasteiger partial charge in [-0.3, -0.25) is 9.80 Å². The van der Waals surface area contributed by atoms with Gasteiger partial charge in [-0.25, -0.2) is 4.39 Å². The summed E-state index contributed by atoms with van der Waals surface area (Å²) in [7, 11) is 0.